The Labute approximate surface area is 124 Å². The van der Waals surface area contributed by atoms with E-state index in [1.807, 2.05) is 44.4 Å². The summed E-state index contributed by atoms with van der Waals surface area (Å²) in [5.74, 6) is 0.362. The number of hydroxylamine groups is 1. The second-order valence-electron chi connectivity index (χ2n) is 4.95. The monoisotopic (exact) mass is 298 g/mol. The molecule has 1 unspecified atom stereocenters. The number of hydrogen-bond donors (Lipinski definition) is 3. The van der Waals surface area contributed by atoms with Crippen molar-refractivity contribution in [2.75, 3.05) is 13.4 Å². The standard InChI is InChI=1S/C14H22N2O3S/c1-14(2,20-4)12(13(17)16-18)15-9-10-5-7-11(19-3)8-6-10/h5-8,12,15,18H,9H2,1-4H3,(H,16,17). The summed E-state index contributed by atoms with van der Waals surface area (Å²) in [6, 6.07) is 7.12. The predicted octanol–water partition coefficient (Wildman–Crippen LogP) is 1.80. The van der Waals surface area contributed by atoms with Crippen LogP contribution in [-0.2, 0) is 11.3 Å². The van der Waals surface area contributed by atoms with E-state index in [1.54, 1.807) is 24.4 Å². The molecule has 1 amide bonds. The van der Waals surface area contributed by atoms with Gasteiger partial charge in [0.25, 0.3) is 5.91 Å². The van der Waals surface area contributed by atoms with Gasteiger partial charge in [0.1, 0.15) is 11.8 Å². The highest BCUT2D eigenvalue weighted by atomic mass is 32.2. The second kappa shape index (κ2) is 7.52. The highest BCUT2D eigenvalue weighted by Crippen LogP contribution is 2.26. The van der Waals surface area contributed by atoms with Crippen molar-refractivity contribution in [3.8, 4) is 5.75 Å². The van der Waals surface area contributed by atoms with Crippen molar-refractivity contribution in [1.82, 2.24) is 10.8 Å². The van der Waals surface area contributed by atoms with Gasteiger partial charge < -0.3 is 10.1 Å². The molecule has 0 saturated carbocycles. The van der Waals surface area contributed by atoms with Crippen LogP contribution >= 0.6 is 11.8 Å². The summed E-state index contributed by atoms with van der Waals surface area (Å²) < 4.78 is 4.77. The third kappa shape index (κ3) is 4.40. The van der Waals surface area contributed by atoms with Gasteiger partial charge >= 0.3 is 0 Å². The van der Waals surface area contributed by atoms with E-state index in [1.165, 1.54) is 0 Å². The summed E-state index contributed by atoms with van der Waals surface area (Å²) in [7, 11) is 1.62. The molecule has 0 saturated heterocycles. The van der Waals surface area contributed by atoms with Gasteiger partial charge in [0.2, 0.25) is 0 Å². The second-order valence-corrected chi connectivity index (χ2v) is 6.41. The zero-order chi connectivity index (χ0) is 15.2. The molecule has 1 rings (SSSR count). The molecule has 1 atom stereocenters. The number of carbonyl (C=O) groups is 1. The molecule has 0 radical (unpaired) electrons. The fraction of sp³-hybridized carbons (Fsp3) is 0.500. The molecular formula is C14H22N2O3S. The topological polar surface area (TPSA) is 70.6 Å². The fourth-order valence-electron chi connectivity index (χ4n) is 1.80. The maximum atomic E-state index is 11.8. The largest absolute Gasteiger partial charge is 0.497 e. The molecular weight excluding hydrogens is 276 g/mol. The fourth-order valence-corrected chi connectivity index (χ4v) is 2.23. The number of rotatable bonds is 7. The number of thioether (sulfide) groups is 1. The van der Waals surface area contributed by atoms with Gasteiger partial charge in [0, 0.05) is 11.3 Å². The highest BCUT2D eigenvalue weighted by Gasteiger charge is 2.34. The molecule has 0 heterocycles. The van der Waals surface area contributed by atoms with E-state index in [0.717, 1.165) is 11.3 Å². The SMILES string of the molecule is COc1ccc(CNC(C(=O)NO)C(C)(C)SC)cc1. The number of methoxy groups -OCH3 is 1. The average molecular weight is 298 g/mol. The first kappa shape index (κ1) is 16.8. The Bertz CT molecular complexity index is 435. The Hall–Kier alpha value is -1.24. The summed E-state index contributed by atoms with van der Waals surface area (Å²) in [4.78, 5) is 11.8. The molecule has 5 nitrogen and oxygen atoms in total. The van der Waals surface area contributed by atoms with Crippen molar-refractivity contribution in [3.63, 3.8) is 0 Å². The minimum absolute atomic E-state index is 0.334. The Balaban J connectivity index is 2.73. The normalized spacial score (nSPS) is 12.8. The van der Waals surface area contributed by atoms with E-state index in [4.69, 9.17) is 9.94 Å². The van der Waals surface area contributed by atoms with Crippen molar-refractivity contribution in [2.45, 2.75) is 31.2 Å². The van der Waals surface area contributed by atoms with Crippen molar-refractivity contribution in [3.05, 3.63) is 29.8 Å². The lowest BCUT2D eigenvalue weighted by Crippen LogP contribution is -2.53. The molecule has 20 heavy (non-hydrogen) atoms. The van der Waals surface area contributed by atoms with Crippen LogP contribution < -0.4 is 15.5 Å². The van der Waals surface area contributed by atoms with Gasteiger partial charge in [0.05, 0.1) is 7.11 Å². The van der Waals surface area contributed by atoms with Gasteiger partial charge in [-0.2, -0.15) is 11.8 Å². The van der Waals surface area contributed by atoms with E-state index in [0.29, 0.717) is 6.54 Å². The minimum Gasteiger partial charge on any atom is -0.497 e. The van der Waals surface area contributed by atoms with Gasteiger partial charge in [-0.1, -0.05) is 12.1 Å². The number of nitrogens with one attached hydrogen (secondary N) is 2. The molecule has 0 aliphatic rings. The van der Waals surface area contributed by atoms with Crippen molar-refractivity contribution < 1.29 is 14.7 Å². The van der Waals surface area contributed by atoms with Gasteiger partial charge in [0.15, 0.2) is 0 Å². The molecule has 1 aromatic carbocycles. The number of carbonyl (C=O) groups excluding carboxylic acids is 1. The molecule has 1 aromatic rings. The van der Waals surface area contributed by atoms with Crippen LogP contribution in [0.15, 0.2) is 24.3 Å². The first-order valence-electron chi connectivity index (χ1n) is 6.30. The van der Waals surface area contributed by atoms with E-state index in [9.17, 15) is 4.79 Å². The molecule has 0 aliphatic carbocycles. The third-order valence-corrected chi connectivity index (χ3v) is 4.55. The maximum Gasteiger partial charge on any atom is 0.261 e. The third-order valence-electron chi connectivity index (χ3n) is 3.26. The lowest BCUT2D eigenvalue weighted by molar-refractivity contribution is -0.132. The summed E-state index contributed by atoms with van der Waals surface area (Å²) >= 11 is 1.57. The van der Waals surface area contributed by atoms with Crippen LogP contribution in [0.2, 0.25) is 0 Å². The summed E-state index contributed by atoms with van der Waals surface area (Å²) in [6.45, 7) is 4.45. The van der Waals surface area contributed by atoms with Gasteiger partial charge in [-0.15, -0.1) is 0 Å². The number of benzene rings is 1. The molecule has 0 bridgehead atoms. The van der Waals surface area contributed by atoms with Crippen LogP contribution in [-0.4, -0.2) is 35.3 Å². The quantitative estimate of drug-likeness (QED) is 0.529. The summed E-state index contributed by atoms with van der Waals surface area (Å²) in [5, 5.41) is 12.0. The van der Waals surface area contributed by atoms with Crippen LogP contribution in [0.25, 0.3) is 0 Å². The first-order chi connectivity index (χ1) is 9.44. The van der Waals surface area contributed by atoms with E-state index in [-0.39, 0.29) is 4.75 Å². The zero-order valence-corrected chi connectivity index (χ0v) is 13.1. The van der Waals surface area contributed by atoms with Crippen LogP contribution in [0.5, 0.6) is 5.75 Å². The molecule has 0 fully saturated rings. The van der Waals surface area contributed by atoms with Crippen LogP contribution in [0.3, 0.4) is 0 Å². The van der Waals surface area contributed by atoms with E-state index < -0.39 is 11.9 Å². The van der Waals surface area contributed by atoms with Crippen LogP contribution in [0.1, 0.15) is 19.4 Å². The Morgan fingerprint density at radius 1 is 1.40 bits per heavy atom. The van der Waals surface area contributed by atoms with Gasteiger partial charge in [-0.3, -0.25) is 10.0 Å². The smallest absolute Gasteiger partial charge is 0.261 e. The summed E-state index contributed by atoms with van der Waals surface area (Å²) in [6.07, 6.45) is 1.94. The van der Waals surface area contributed by atoms with Gasteiger partial charge in [-0.25, -0.2) is 5.48 Å². The molecule has 3 N–H and O–H groups in total. The van der Waals surface area contributed by atoms with Crippen LogP contribution in [0, 0.1) is 0 Å². The molecule has 6 heteroatoms. The number of ether oxygens (including phenoxy) is 1. The van der Waals surface area contributed by atoms with Crippen molar-refractivity contribution in [1.29, 1.82) is 0 Å². The molecule has 0 aliphatic heterocycles. The first-order valence-corrected chi connectivity index (χ1v) is 7.52. The molecule has 0 aromatic heterocycles. The van der Waals surface area contributed by atoms with Crippen molar-refractivity contribution in [2.24, 2.45) is 0 Å². The van der Waals surface area contributed by atoms with E-state index >= 15 is 0 Å². The maximum absolute atomic E-state index is 11.8. The van der Waals surface area contributed by atoms with Crippen LogP contribution in [0.4, 0.5) is 0 Å². The predicted molar refractivity (Wildman–Crippen MR) is 81.1 cm³/mol. The lowest BCUT2D eigenvalue weighted by atomic mass is 10.0. The van der Waals surface area contributed by atoms with E-state index in [2.05, 4.69) is 5.32 Å². The average Bonchev–Trinajstić information content (AvgIpc) is 2.47. The number of amides is 1. The Morgan fingerprint density at radius 3 is 2.45 bits per heavy atom. The number of hydrogen-bond acceptors (Lipinski definition) is 5. The lowest BCUT2D eigenvalue weighted by Gasteiger charge is -2.31. The zero-order valence-electron chi connectivity index (χ0n) is 12.3. The Kier molecular flexibility index (Phi) is 6.32. The molecule has 112 valence electrons. The summed E-state index contributed by atoms with van der Waals surface area (Å²) in [5.41, 5.74) is 2.77. The van der Waals surface area contributed by atoms with Crippen molar-refractivity contribution >= 4 is 17.7 Å². The minimum atomic E-state index is -0.496. The highest BCUT2D eigenvalue weighted by molar-refractivity contribution is 8.00. The van der Waals surface area contributed by atoms with Gasteiger partial charge in [-0.05, 0) is 37.8 Å². The Morgan fingerprint density at radius 2 is 2.00 bits per heavy atom. The molecule has 0 spiro atoms.